The molecule has 1 fully saturated rings. The van der Waals surface area contributed by atoms with Crippen LogP contribution in [0.5, 0.6) is 0 Å². The number of unbranched alkanes of at least 4 members (excludes halogenated alkanes) is 2. The Morgan fingerprint density at radius 3 is 2.66 bits per heavy atom. The van der Waals surface area contributed by atoms with E-state index in [-0.39, 0.29) is 12.3 Å². The van der Waals surface area contributed by atoms with E-state index >= 15 is 0 Å². The van der Waals surface area contributed by atoms with Gasteiger partial charge in [-0.25, -0.2) is 4.98 Å². The Bertz CT molecular complexity index is 1280. The van der Waals surface area contributed by atoms with Crippen molar-refractivity contribution in [3.63, 3.8) is 0 Å². The highest BCUT2D eigenvalue weighted by Gasteiger charge is 2.58. The highest BCUT2D eigenvalue weighted by Crippen LogP contribution is 2.40. The monoisotopic (exact) mass is 530 g/mol. The maximum absolute atomic E-state index is 14.3. The Kier molecular flexibility index (Phi) is 8.40. The van der Waals surface area contributed by atoms with Gasteiger partial charge < -0.3 is 15.6 Å². The molecule has 3 aromatic rings. The number of nitrogens with one attached hydrogen (secondary N) is 3. The number of fused-ring (bicyclic) bond motifs is 1. The normalized spacial score (nSPS) is 21.7. The molecule has 1 saturated heterocycles. The van der Waals surface area contributed by atoms with Crippen LogP contribution in [0.25, 0.3) is 22.0 Å². The molecule has 0 aliphatic carbocycles. The number of benzene rings is 2. The number of nitrogens with zero attached hydrogens (tertiary/aromatic N) is 2. The van der Waals surface area contributed by atoms with Gasteiger partial charge in [-0.15, -0.1) is 8.78 Å². The minimum absolute atomic E-state index is 0.0302. The number of likely N-dealkylation sites (tertiary alicyclic amines) is 1. The zero-order valence-corrected chi connectivity index (χ0v) is 21.8. The van der Waals surface area contributed by atoms with E-state index in [2.05, 4.69) is 26.7 Å². The van der Waals surface area contributed by atoms with Gasteiger partial charge in [-0.2, -0.15) is 0 Å². The van der Waals surface area contributed by atoms with E-state index in [1.165, 1.54) is 0 Å². The molecule has 0 bridgehead atoms. The number of imidazole rings is 1. The van der Waals surface area contributed by atoms with Crippen molar-refractivity contribution in [2.75, 3.05) is 20.6 Å². The van der Waals surface area contributed by atoms with Crippen LogP contribution in [0.3, 0.4) is 0 Å². The first-order chi connectivity index (χ1) is 18.1. The summed E-state index contributed by atoms with van der Waals surface area (Å²) in [6.45, 7) is -0.428. The molecule has 10 heteroatoms. The highest BCUT2D eigenvalue weighted by molar-refractivity contribution is 5.86. The van der Waals surface area contributed by atoms with Crippen molar-refractivity contribution in [1.82, 2.24) is 20.6 Å². The molecule has 38 heavy (non-hydrogen) atoms. The maximum Gasteiger partial charge on any atom is 0.425 e. The van der Waals surface area contributed by atoms with Crippen molar-refractivity contribution in [3.05, 3.63) is 54.5 Å². The number of carbonyl (C=O) groups is 2. The lowest BCUT2D eigenvalue weighted by atomic mass is 9.93. The van der Waals surface area contributed by atoms with E-state index in [1.807, 2.05) is 36.4 Å². The molecule has 3 atom stereocenters. The van der Waals surface area contributed by atoms with E-state index in [9.17, 15) is 22.9 Å². The molecule has 2 aromatic carbocycles. The van der Waals surface area contributed by atoms with Crippen LogP contribution in [0.2, 0.25) is 0 Å². The lowest BCUT2D eigenvalue weighted by Crippen LogP contribution is -2.57. The zero-order chi connectivity index (χ0) is 27.3. The number of aromatic amines is 1. The molecule has 1 aromatic heterocycles. The molecule has 2 heterocycles. The molecule has 0 saturated carbocycles. The zero-order valence-electron chi connectivity index (χ0n) is 21.8. The van der Waals surface area contributed by atoms with Crippen molar-refractivity contribution in [2.45, 2.75) is 57.0 Å². The molecule has 204 valence electrons. The predicted molar refractivity (Wildman–Crippen MR) is 139 cm³/mol. The summed E-state index contributed by atoms with van der Waals surface area (Å²) < 4.78 is 40.9. The van der Waals surface area contributed by atoms with E-state index in [0.29, 0.717) is 31.5 Å². The first-order valence-electron chi connectivity index (χ1n) is 13.1. The first kappa shape index (κ1) is 27.6. The smallest absolute Gasteiger partial charge is 0.359 e. The highest BCUT2D eigenvalue weighted by atomic mass is 19.3. The van der Waals surface area contributed by atoms with Gasteiger partial charge in [0.2, 0.25) is 11.8 Å². The number of piperidine rings is 1. The van der Waals surface area contributed by atoms with Crippen molar-refractivity contribution in [2.24, 2.45) is 5.92 Å². The number of amides is 2. The predicted octanol–water partition coefficient (Wildman–Crippen LogP) is 5.42. The summed E-state index contributed by atoms with van der Waals surface area (Å²) in [4.78, 5) is 32.4. The third kappa shape index (κ3) is 6.35. The fraction of sp³-hybridized carbons (Fsp3) is 0.464. The largest absolute Gasteiger partial charge is 0.425 e. The average molecular weight is 531 g/mol. The van der Waals surface area contributed by atoms with Gasteiger partial charge >= 0.3 is 6.05 Å². The Morgan fingerprint density at radius 2 is 1.92 bits per heavy atom. The number of hydrogen-bond acceptors (Lipinski definition) is 3. The van der Waals surface area contributed by atoms with Crippen LogP contribution in [0.1, 0.15) is 56.8 Å². The quantitative estimate of drug-likeness (QED) is 0.186. The van der Waals surface area contributed by atoms with Crippen LogP contribution in [-0.2, 0) is 9.59 Å². The van der Waals surface area contributed by atoms with E-state index in [1.54, 1.807) is 13.2 Å². The van der Waals surface area contributed by atoms with Crippen LogP contribution in [0, 0.1) is 5.92 Å². The lowest BCUT2D eigenvalue weighted by Gasteiger charge is -2.36. The molecular weight excluding hydrogens is 495 g/mol. The molecule has 0 spiro atoms. The number of carbonyl (C=O) groups excluding carboxylic acids is 2. The van der Waals surface area contributed by atoms with Crippen molar-refractivity contribution in [3.8, 4) is 11.3 Å². The van der Waals surface area contributed by atoms with Crippen LogP contribution in [0.4, 0.5) is 13.3 Å². The SMILES string of the molecule is CNC(=O)CCCCC[C@H](NC(=O)C1CC[N+](C)(F)C(F)(F)C1)c1ncc(-c2ccc3ccccc3c2)[nH]1. The molecule has 1 aliphatic rings. The second kappa shape index (κ2) is 11.6. The number of halogens is 3. The summed E-state index contributed by atoms with van der Waals surface area (Å²) in [5.74, 6) is -1.01. The summed E-state index contributed by atoms with van der Waals surface area (Å²) in [6, 6.07) is 9.93. The lowest BCUT2D eigenvalue weighted by molar-refractivity contribution is -1.11. The number of rotatable bonds is 10. The number of alkyl halides is 2. The molecular formula is C28H35F3N5O2+. The second-order valence-corrected chi connectivity index (χ2v) is 10.2. The summed E-state index contributed by atoms with van der Waals surface area (Å²) in [7, 11) is 2.43. The fourth-order valence-corrected chi connectivity index (χ4v) is 4.89. The van der Waals surface area contributed by atoms with E-state index < -0.39 is 41.6 Å². The van der Waals surface area contributed by atoms with Gasteiger partial charge in [0.25, 0.3) is 0 Å². The average Bonchev–Trinajstić information content (AvgIpc) is 3.39. The van der Waals surface area contributed by atoms with Gasteiger partial charge in [0, 0.05) is 29.9 Å². The van der Waals surface area contributed by atoms with Crippen molar-refractivity contribution < 1.29 is 27.6 Å². The molecule has 7 nitrogen and oxygen atoms in total. The minimum Gasteiger partial charge on any atom is -0.359 e. The van der Waals surface area contributed by atoms with E-state index in [0.717, 1.165) is 35.5 Å². The Morgan fingerprint density at radius 1 is 1.16 bits per heavy atom. The van der Waals surface area contributed by atoms with Crippen LogP contribution < -0.4 is 10.6 Å². The molecule has 4 rings (SSSR count). The Hall–Kier alpha value is -3.40. The van der Waals surface area contributed by atoms with Gasteiger partial charge in [0.15, 0.2) is 0 Å². The maximum atomic E-state index is 14.3. The van der Waals surface area contributed by atoms with Gasteiger partial charge in [0.1, 0.15) is 19.4 Å². The first-order valence-corrected chi connectivity index (χ1v) is 13.1. The van der Waals surface area contributed by atoms with Crippen molar-refractivity contribution >= 4 is 22.6 Å². The number of aromatic nitrogens is 2. The van der Waals surface area contributed by atoms with Crippen LogP contribution in [-0.4, -0.2) is 53.2 Å². The second-order valence-electron chi connectivity index (χ2n) is 10.2. The van der Waals surface area contributed by atoms with Gasteiger partial charge in [0.05, 0.1) is 30.3 Å². The summed E-state index contributed by atoms with van der Waals surface area (Å²) >= 11 is 0. The van der Waals surface area contributed by atoms with E-state index in [4.69, 9.17) is 0 Å². The molecule has 3 N–H and O–H groups in total. The van der Waals surface area contributed by atoms with Gasteiger partial charge in [-0.3, -0.25) is 9.59 Å². The minimum atomic E-state index is -3.62. The third-order valence-corrected chi connectivity index (χ3v) is 7.42. The molecule has 1 aliphatic heterocycles. The summed E-state index contributed by atoms with van der Waals surface area (Å²) in [5.41, 5.74) is 1.71. The topological polar surface area (TPSA) is 86.9 Å². The number of hydrogen-bond donors (Lipinski definition) is 3. The van der Waals surface area contributed by atoms with Crippen molar-refractivity contribution in [1.29, 1.82) is 0 Å². The fourth-order valence-electron chi connectivity index (χ4n) is 4.89. The van der Waals surface area contributed by atoms with Gasteiger partial charge in [-0.05, 0) is 29.7 Å². The van der Waals surface area contributed by atoms with Crippen LogP contribution in [0.15, 0.2) is 48.7 Å². The molecule has 2 amide bonds. The van der Waals surface area contributed by atoms with Gasteiger partial charge in [-0.1, -0.05) is 53.9 Å². The van der Waals surface area contributed by atoms with Crippen LogP contribution >= 0.6 is 0 Å². The summed E-state index contributed by atoms with van der Waals surface area (Å²) in [6.07, 6.45) is 3.99. The third-order valence-electron chi connectivity index (χ3n) is 7.42. The Labute approximate surface area is 220 Å². The Balaban J connectivity index is 1.48. The summed E-state index contributed by atoms with van der Waals surface area (Å²) in [5, 5.41) is 7.69. The number of H-pyrrole nitrogens is 1. The standard InChI is InChI=1S/C28H34F3N5O2/c1-32-25(37)11-5-3-4-10-23(35-27(38)22-14-15-36(2,31)28(29,30)17-22)26-33-18-24(34-26)21-13-12-19-8-6-7-9-20(19)16-21/h6-9,12-13,16,18,22-23H,3-5,10-11,14-15,17H2,1-2H3,(H2-,32,33,34,35,37,38)/p+1/t22?,23-,36?/m0/s1. The molecule has 0 radical (unpaired) electrons. The molecule has 2 unspecified atom stereocenters. The number of quaternary nitrogens is 1.